The number of allylic oxidation sites excluding steroid dienone is 4. The Morgan fingerprint density at radius 3 is 2.24 bits per heavy atom. The monoisotopic (exact) mass is 716 g/mol. The van der Waals surface area contributed by atoms with Gasteiger partial charge >= 0.3 is 0 Å². The van der Waals surface area contributed by atoms with Gasteiger partial charge in [0, 0.05) is 10.8 Å². The van der Waals surface area contributed by atoms with Crippen LogP contribution >= 0.6 is 0 Å². The van der Waals surface area contributed by atoms with Crippen molar-refractivity contribution in [2.24, 2.45) is 34.5 Å². The summed E-state index contributed by atoms with van der Waals surface area (Å²) in [4.78, 5) is 26.9. The Balaban J connectivity index is 1.50. The van der Waals surface area contributed by atoms with Crippen LogP contribution in [0.1, 0.15) is 46.5 Å². The molecule has 0 aromatic rings. The number of ketones is 2. The van der Waals surface area contributed by atoms with E-state index in [0.717, 1.165) is 0 Å². The molecule has 0 radical (unpaired) electrons. The summed E-state index contributed by atoms with van der Waals surface area (Å²) in [5, 5.41) is 121. The first kappa shape index (κ1) is 38.0. The van der Waals surface area contributed by atoms with Crippen LogP contribution < -0.4 is 0 Å². The molecule has 16 heteroatoms. The van der Waals surface area contributed by atoms with E-state index in [4.69, 9.17) is 9.47 Å². The topological polar surface area (TPSA) is 275 Å². The predicted molar refractivity (Wildman–Crippen MR) is 165 cm³/mol. The molecule has 0 aromatic carbocycles. The van der Waals surface area contributed by atoms with Gasteiger partial charge in [0.25, 0.3) is 0 Å². The van der Waals surface area contributed by atoms with Gasteiger partial charge in [-0.2, -0.15) is 0 Å². The number of carbonyl (C=O) groups excluding carboxylic acids is 2. The fourth-order valence-corrected chi connectivity index (χ4v) is 10.8. The quantitative estimate of drug-likeness (QED) is 0.127. The number of fused-ring (bicyclic) bond motifs is 5. The fourth-order valence-electron chi connectivity index (χ4n) is 10.8. The van der Waals surface area contributed by atoms with Gasteiger partial charge in [-0.05, 0) is 62.5 Å². The minimum Gasteiger partial charge on any atom is -0.394 e. The van der Waals surface area contributed by atoms with Crippen molar-refractivity contribution < 1.29 is 79.6 Å². The zero-order chi connectivity index (χ0) is 37.1. The van der Waals surface area contributed by atoms with Gasteiger partial charge in [-0.25, -0.2) is 4.39 Å². The Bertz CT molecular complexity index is 1460. The van der Waals surface area contributed by atoms with Crippen molar-refractivity contribution >= 4 is 11.6 Å². The van der Waals surface area contributed by atoms with Crippen molar-refractivity contribution in [1.82, 2.24) is 0 Å². The van der Waals surface area contributed by atoms with Crippen molar-refractivity contribution in [2.75, 3.05) is 19.8 Å². The zero-order valence-electron chi connectivity index (χ0n) is 28.0. The van der Waals surface area contributed by atoms with Gasteiger partial charge in [0.05, 0.1) is 25.7 Å². The molecular formula is C34H49FO15. The maximum Gasteiger partial charge on any atom is 0.201 e. The van der Waals surface area contributed by atoms with Crippen LogP contribution in [0.25, 0.3) is 0 Å². The second-order valence-electron chi connectivity index (χ2n) is 15.9. The van der Waals surface area contributed by atoms with E-state index in [9.17, 15) is 65.8 Å². The predicted octanol–water partition coefficient (Wildman–Crippen LogP) is -3.47. The number of aliphatic hydroxyl groups excluding tert-OH is 8. The molecule has 0 aromatic heterocycles. The highest BCUT2D eigenvalue weighted by Gasteiger charge is 2.80. The van der Waals surface area contributed by atoms with E-state index in [1.54, 1.807) is 0 Å². The molecule has 5 fully saturated rings. The van der Waals surface area contributed by atoms with E-state index in [1.165, 1.54) is 39.0 Å². The lowest BCUT2D eigenvalue weighted by molar-refractivity contribution is -0.397. The number of Topliss-reactive ketones (excluding diaryl/α,β-unsaturated/α-hetero) is 1. The molecule has 2 heterocycles. The summed E-state index contributed by atoms with van der Waals surface area (Å²) in [7, 11) is 0. The SMILES string of the molecule is CC1C[C@H]2[C@@H]3CCC4=CC(=O)C=C[C@]4(C)[C@@]3(F)C([C@@]3(O)O[C@H](CO)[C@H](O)[C@H](O)[C@H]3O)C[C@]2(C)[C@@]1(O)C(=O)C(O)[C@@]1(O)CO[C@H](CO)[C@H](O)[C@@H]1O. The molecular weight excluding hydrogens is 667 g/mol. The third kappa shape index (κ3) is 4.61. The van der Waals surface area contributed by atoms with Crippen molar-refractivity contribution in [3.63, 3.8) is 0 Å². The van der Waals surface area contributed by atoms with Crippen molar-refractivity contribution in [2.45, 2.75) is 118 Å². The Labute approximate surface area is 287 Å². The molecule has 282 valence electrons. The molecule has 0 bridgehead atoms. The number of hydrogen-bond donors (Lipinski definition) is 11. The van der Waals surface area contributed by atoms with Crippen molar-refractivity contribution in [1.29, 1.82) is 0 Å². The highest BCUT2D eigenvalue weighted by molar-refractivity contribution is 6.01. The largest absolute Gasteiger partial charge is 0.394 e. The number of alkyl halides is 1. The maximum atomic E-state index is 18.9. The second kappa shape index (κ2) is 12.1. The van der Waals surface area contributed by atoms with Gasteiger partial charge in [0.1, 0.15) is 65.7 Å². The zero-order valence-corrected chi connectivity index (χ0v) is 28.0. The van der Waals surface area contributed by atoms with Crippen LogP contribution in [0.4, 0.5) is 4.39 Å². The molecule has 2 saturated heterocycles. The van der Waals surface area contributed by atoms with Crippen LogP contribution in [-0.2, 0) is 19.1 Å². The lowest BCUT2D eigenvalue weighted by atomic mass is 9.41. The third-order valence-corrected chi connectivity index (χ3v) is 13.8. The first-order valence-electron chi connectivity index (χ1n) is 17.1. The molecule has 18 atom stereocenters. The van der Waals surface area contributed by atoms with Crippen LogP contribution in [0, 0.1) is 34.5 Å². The first-order chi connectivity index (χ1) is 23.1. The van der Waals surface area contributed by atoms with Gasteiger partial charge in [-0.15, -0.1) is 0 Å². The lowest BCUT2D eigenvalue weighted by Crippen LogP contribution is -2.77. The molecule has 3 unspecified atom stereocenters. The van der Waals surface area contributed by atoms with Gasteiger partial charge < -0.3 is 65.6 Å². The molecule has 3 saturated carbocycles. The number of ether oxygens (including phenoxy) is 2. The van der Waals surface area contributed by atoms with Crippen molar-refractivity contribution in [3.8, 4) is 0 Å². The summed E-state index contributed by atoms with van der Waals surface area (Å²) in [5.74, 6) is -9.88. The number of carbonyl (C=O) groups is 2. The summed E-state index contributed by atoms with van der Waals surface area (Å²) in [6, 6.07) is 0. The third-order valence-electron chi connectivity index (χ3n) is 13.8. The van der Waals surface area contributed by atoms with Gasteiger partial charge in [0.15, 0.2) is 11.6 Å². The van der Waals surface area contributed by atoms with E-state index >= 15 is 4.39 Å². The Hall–Kier alpha value is -1.77. The molecule has 0 amide bonds. The number of rotatable bonds is 6. The normalized spacial score (nSPS) is 55.5. The molecule has 15 nitrogen and oxygen atoms in total. The molecule has 2 aliphatic heterocycles. The average molecular weight is 717 g/mol. The fraction of sp³-hybridized carbons (Fsp3) is 0.824. The lowest BCUT2D eigenvalue weighted by Gasteiger charge is -2.67. The van der Waals surface area contributed by atoms with Crippen LogP contribution in [0.2, 0.25) is 0 Å². The molecule has 6 aliphatic rings. The molecule has 0 spiro atoms. The van der Waals surface area contributed by atoms with E-state index in [-0.39, 0.29) is 19.3 Å². The molecule has 11 N–H and O–H groups in total. The number of halogens is 1. The minimum absolute atomic E-state index is 0.0125. The average Bonchev–Trinajstić information content (AvgIpc) is 3.29. The van der Waals surface area contributed by atoms with E-state index in [2.05, 4.69) is 0 Å². The van der Waals surface area contributed by atoms with Crippen molar-refractivity contribution in [3.05, 3.63) is 23.8 Å². The van der Waals surface area contributed by atoms with Gasteiger partial charge in [0.2, 0.25) is 5.79 Å². The highest BCUT2D eigenvalue weighted by atomic mass is 19.1. The highest BCUT2D eigenvalue weighted by Crippen LogP contribution is 2.74. The summed E-state index contributed by atoms with van der Waals surface area (Å²) in [5.41, 5.74) is -11.2. The molecule has 4 aliphatic carbocycles. The van der Waals surface area contributed by atoms with Gasteiger partial charge in [-0.1, -0.05) is 25.5 Å². The van der Waals surface area contributed by atoms with E-state index in [0.29, 0.717) is 5.57 Å². The number of aliphatic hydroxyl groups is 11. The Kier molecular flexibility index (Phi) is 9.21. The summed E-state index contributed by atoms with van der Waals surface area (Å²) in [6.07, 6.45) is -12.8. The van der Waals surface area contributed by atoms with E-state index < -0.39 is 144 Å². The number of hydrogen-bond acceptors (Lipinski definition) is 15. The molecule has 6 rings (SSSR count). The standard InChI is InChI=1S/C34H49FO15/c1-14-8-18-17-5-4-15-9-16(38)6-7-29(15,2)32(17,35)21(34(48)26(43)24(41)22(39)20(12-37)50-34)10-30(18,3)33(14,47)28(45)27(44)31(46)13-49-19(11-36)23(40)25(31)42/h6-7,9,14,17-27,36-37,39-44,46-48H,4-5,8,10-13H2,1-3H3/t14?,17-,18-,19+,20+,21?,22-,23-,24-,25-,26+,27?,29-,30-,31+,32-,33-,34+/m0/s1. The Morgan fingerprint density at radius 1 is 0.980 bits per heavy atom. The van der Waals surface area contributed by atoms with Crippen LogP contribution in [0.3, 0.4) is 0 Å². The van der Waals surface area contributed by atoms with E-state index in [1.807, 2.05) is 0 Å². The van der Waals surface area contributed by atoms with Crippen LogP contribution in [-0.4, -0.2) is 159 Å². The first-order valence-corrected chi connectivity index (χ1v) is 17.1. The summed E-state index contributed by atoms with van der Waals surface area (Å²) >= 11 is 0. The van der Waals surface area contributed by atoms with Crippen LogP contribution in [0.15, 0.2) is 23.8 Å². The smallest absolute Gasteiger partial charge is 0.201 e. The second-order valence-corrected chi connectivity index (χ2v) is 15.9. The van der Waals surface area contributed by atoms with Crippen LogP contribution in [0.5, 0.6) is 0 Å². The minimum atomic E-state index is -3.07. The van der Waals surface area contributed by atoms with Gasteiger partial charge in [-0.3, -0.25) is 9.59 Å². The summed E-state index contributed by atoms with van der Waals surface area (Å²) < 4.78 is 29.9. The Morgan fingerprint density at radius 2 is 1.62 bits per heavy atom. The maximum absolute atomic E-state index is 18.9. The molecule has 50 heavy (non-hydrogen) atoms. The summed E-state index contributed by atoms with van der Waals surface area (Å²) in [6.45, 7) is 1.79.